The molecule has 0 aliphatic rings. The first-order chi connectivity index (χ1) is 15.0. The molecule has 8 heteroatoms. The lowest BCUT2D eigenvalue weighted by Crippen LogP contribution is -2.26. The van der Waals surface area contributed by atoms with Gasteiger partial charge in [-0.1, -0.05) is 32.9 Å². The number of nitrogens with one attached hydrogen (secondary N) is 2. The second kappa shape index (κ2) is 9.29. The van der Waals surface area contributed by atoms with Gasteiger partial charge in [-0.3, -0.25) is 4.98 Å². The maximum atomic E-state index is 13.6. The van der Waals surface area contributed by atoms with Crippen molar-refractivity contribution < 1.29 is 8.95 Å². The van der Waals surface area contributed by atoms with Crippen LogP contribution in [0.4, 0.5) is 5.69 Å². The first-order valence-corrected chi connectivity index (χ1v) is 14.4. The van der Waals surface area contributed by atoms with Gasteiger partial charge in [0.25, 0.3) is 0 Å². The minimum absolute atomic E-state index is 0.0340. The predicted molar refractivity (Wildman–Crippen MR) is 139 cm³/mol. The standard InChI is InChI=1S/C24H34N4O2S2/c1-24(2,3)31(6,7)28-32(29,25-4)20-11-8-18(9-12-20)17-27-22-14-15-26-23-16-19(30-5)10-13-21(22)23/h8-16H,17H2,1-7H3,(H,26,27)(H,25,28,29). The van der Waals surface area contributed by atoms with Gasteiger partial charge >= 0.3 is 0 Å². The summed E-state index contributed by atoms with van der Waals surface area (Å²) in [7, 11) is -0.770. The van der Waals surface area contributed by atoms with Crippen LogP contribution in [0.2, 0.25) is 0 Å². The van der Waals surface area contributed by atoms with Gasteiger partial charge in [-0.25, -0.2) is 8.93 Å². The first kappa shape index (κ1) is 24.4. The van der Waals surface area contributed by atoms with E-state index in [4.69, 9.17) is 8.50 Å². The van der Waals surface area contributed by atoms with E-state index in [2.05, 4.69) is 48.3 Å². The van der Waals surface area contributed by atoms with Crippen LogP contribution in [0.15, 0.2) is 63.4 Å². The monoisotopic (exact) mass is 474 g/mol. The number of benzene rings is 2. The minimum Gasteiger partial charge on any atom is -0.497 e. The quantitative estimate of drug-likeness (QED) is 0.468. The highest BCUT2D eigenvalue weighted by molar-refractivity contribution is 8.35. The minimum atomic E-state index is -2.69. The molecule has 0 fully saturated rings. The van der Waals surface area contributed by atoms with Crippen LogP contribution in [0.3, 0.4) is 0 Å². The summed E-state index contributed by atoms with van der Waals surface area (Å²) in [6, 6.07) is 15.7. The van der Waals surface area contributed by atoms with Crippen molar-refractivity contribution in [2.24, 2.45) is 3.77 Å². The van der Waals surface area contributed by atoms with Gasteiger partial charge < -0.3 is 10.1 Å². The Labute approximate surface area is 193 Å². The SMILES string of the molecule is CNS(=O)(=NS(C)(C)C(C)(C)C)c1ccc(CNc2ccnc3cc(OC)ccc23)cc1. The molecule has 0 aliphatic heterocycles. The summed E-state index contributed by atoms with van der Waals surface area (Å²) in [4.78, 5) is 5.14. The van der Waals surface area contributed by atoms with Gasteiger partial charge in [0.2, 0.25) is 0 Å². The number of methoxy groups -OCH3 is 1. The fraction of sp³-hybridized carbons (Fsp3) is 0.375. The van der Waals surface area contributed by atoms with Crippen molar-refractivity contribution in [1.82, 2.24) is 9.71 Å². The maximum Gasteiger partial charge on any atom is 0.146 e. The average molecular weight is 475 g/mol. The van der Waals surface area contributed by atoms with E-state index < -0.39 is 20.1 Å². The van der Waals surface area contributed by atoms with E-state index in [1.807, 2.05) is 48.5 Å². The summed E-state index contributed by atoms with van der Waals surface area (Å²) < 4.78 is 26.7. The van der Waals surface area contributed by atoms with E-state index in [9.17, 15) is 4.21 Å². The van der Waals surface area contributed by atoms with Gasteiger partial charge in [0.1, 0.15) is 15.7 Å². The molecule has 0 saturated heterocycles. The van der Waals surface area contributed by atoms with E-state index in [1.165, 1.54) is 0 Å². The number of nitrogens with zero attached hydrogens (tertiary/aromatic N) is 2. The number of aromatic nitrogens is 1. The zero-order valence-corrected chi connectivity index (χ0v) is 21.6. The molecule has 1 atom stereocenters. The van der Waals surface area contributed by atoms with E-state index in [1.54, 1.807) is 20.4 Å². The molecule has 0 amide bonds. The van der Waals surface area contributed by atoms with Crippen molar-refractivity contribution in [2.75, 3.05) is 32.0 Å². The highest BCUT2D eigenvalue weighted by atomic mass is 32.3. The van der Waals surface area contributed by atoms with Crippen LogP contribution in [-0.2, 0) is 16.5 Å². The molecule has 32 heavy (non-hydrogen) atoms. The highest BCUT2D eigenvalue weighted by Gasteiger charge is 2.30. The molecular weight excluding hydrogens is 440 g/mol. The highest BCUT2D eigenvalue weighted by Crippen LogP contribution is 2.55. The third kappa shape index (κ3) is 5.19. The third-order valence-electron chi connectivity index (χ3n) is 5.74. The van der Waals surface area contributed by atoms with Crippen LogP contribution in [0, 0.1) is 0 Å². The Morgan fingerprint density at radius 3 is 2.34 bits per heavy atom. The Kier molecular flexibility index (Phi) is 7.07. The number of ether oxygens (including phenoxy) is 1. The molecule has 1 unspecified atom stereocenters. The van der Waals surface area contributed by atoms with Gasteiger partial charge in [0.05, 0.1) is 17.5 Å². The van der Waals surface area contributed by atoms with Gasteiger partial charge in [-0.15, -0.1) is 10.2 Å². The van der Waals surface area contributed by atoms with Crippen molar-refractivity contribution in [3.63, 3.8) is 0 Å². The Hall–Kier alpha value is -2.29. The van der Waals surface area contributed by atoms with E-state index >= 15 is 0 Å². The van der Waals surface area contributed by atoms with E-state index in [0.717, 1.165) is 27.9 Å². The molecule has 0 spiro atoms. The zero-order chi connectivity index (χ0) is 23.6. The normalized spacial score (nSPS) is 14.6. The number of hydrogen-bond acceptors (Lipinski definition) is 5. The molecule has 0 saturated carbocycles. The summed E-state index contributed by atoms with van der Waals surface area (Å²) in [5.74, 6) is 0.785. The molecule has 0 bridgehead atoms. The molecule has 1 aromatic heterocycles. The largest absolute Gasteiger partial charge is 0.497 e. The van der Waals surface area contributed by atoms with Crippen LogP contribution >= 0.6 is 10.2 Å². The summed E-state index contributed by atoms with van der Waals surface area (Å²) in [6.45, 7) is 7.08. The van der Waals surface area contributed by atoms with Crippen LogP contribution in [0.1, 0.15) is 26.3 Å². The second-order valence-corrected chi connectivity index (χ2v) is 15.2. The maximum absolute atomic E-state index is 13.6. The van der Waals surface area contributed by atoms with Crippen LogP contribution in [-0.4, -0.2) is 40.6 Å². The summed E-state index contributed by atoms with van der Waals surface area (Å²) in [6.07, 6.45) is 6.00. The first-order valence-electron chi connectivity index (χ1n) is 10.4. The molecule has 3 rings (SSSR count). The van der Waals surface area contributed by atoms with Gasteiger partial charge in [-0.2, -0.15) is 3.77 Å². The predicted octanol–water partition coefficient (Wildman–Crippen LogP) is 5.59. The van der Waals surface area contributed by atoms with Crippen molar-refractivity contribution in [3.8, 4) is 5.75 Å². The van der Waals surface area contributed by atoms with Crippen molar-refractivity contribution in [2.45, 2.75) is 37.0 Å². The molecule has 0 aliphatic carbocycles. The van der Waals surface area contributed by atoms with Crippen LogP contribution in [0.25, 0.3) is 10.9 Å². The van der Waals surface area contributed by atoms with Crippen molar-refractivity contribution in [3.05, 3.63) is 60.3 Å². The Bertz CT molecular complexity index is 1210. The number of rotatable bonds is 7. The van der Waals surface area contributed by atoms with Crippen molar-refractivity contribution >= 4 is 36.7 Å². The average Bonchev–Trinajstić information content (AvgIpc) is 2.76. The number of anilines is 1. The lowest BCUT2D eigenvalue weighted by Gasteiger charge is -2.40. The Morgan fingerprint density at radius 1 is 1.06 bits per heavy atom. The molecule has 3 aromatic rings. The smallest absolute Gasteiger partial charge is 0.146 e. The summed E-state index contributed by atoms with van der Waals surface area (Å²) >= 11 is 0. The summed E-state index contributed by atoms with van der Waals surface area (Å²) in [5.41, 5.74) is 2.97. The molecule has 1 heterocycles. The van der Waals surface area contributed by atoms with Crippen LogP contribution < -0.4 is 14.8 Å². The zero-order valence-electron chi connectivity index (χ0n) is 19.9. The topological polar surface area (TPSA) is 75.6 Å². The third-order valence-corrected chi connectivity index (χ3v) is 12.5. The van der Waals surface area contributed by atoms with E-state index in [-0.39, 0.29) is 4.75 Å². The molecule has 0 radical (unpaired) electrons. The van der Waals surface area contributed by atoms with Crippen LogP contribution in [0.5, 0.6) is 5.75 Å². The molecule has 2 N–H and O–H groups in total. The molecular formula is C24H34N4O2S2. The molecule has 6 nitrogen and oxygen atoms in total. The second-order valence-electron chi connectivity index (χ2n) is 8.93. The molecule has 174 valence electrons. The van der Waals surface area contributed by atoms with Gasteiger partial charge in [0, 0.05) is 34.6 Å². The Balaban J connectivity index is 1.82. The fourth-order valence-electron chi connectivity index (χ4n) is 2.97. The van der Waals surface area contributed by atoms with Gasteiger partial charge in [0.15, 0.2) is 0 Å². The van der Waals surface area contributed by atoms with Crippen molar-refractivity contribution in [1.29, 1.82) is 0 Å². The number of fused-ring (bicyclic) bond motifs is 1. The Morgan fingerprint density at radius 2 is 1.75 bits per heavy atom. The lowest BCUT2D eigenvalue weighted by atomic mass is 10.1. The number of pyridine rings is 1. The van der Waals surface area contributed by atoms with Gasteiger partial charge in [-0.05, 0) is 55.5 Å². The number of hydrogen-bond donors (Lipinski definition) is 2. The summed E-state index contributed by atoms with van der Waals surface area (Å²) in [5, 5.41) is 4.52. The fourth-order valence-corrected chi connectivity index (χ4v) is 7.35. The molecule has 2 aromatic carbocycles. The lowest BCUT2D eigenvalue weighted by molar-refractivity contribution is 0.415. The van der Waals surface area contributed by atoms with E-state index in [0.29, 0.717) is 11.4 Å².